The molecule has 1 aliphatic heterocycles. The van der Waals surface area contributed by atoms with Crippen LogP contribution in [0.5, 0.6) is 11.5 Å². The summed E-state index contributed by atoms with van der Waals surface area (Å²) in [5.74, 6) is 1.51. The number of ether oxygens (including phenoxy) is 2. The molecule has 0 spiro atoms. The Labute approximate surface area is 154 Å². The molecule has 1 aliphatic rings. The smallest absolute Gasteiger partial charge is 0.203 e. The van der Waals surface area contributed by atoms with Crippen molar-refractivity contribution >= 4 is 22.7 Å². The van der Waals surface area contributed by atoms with Crippen LogP contribution < -0.4 is 14.9 Å². The van der Waals surface area contributed by atoms with Crippen molar-refractivity contribution in [3.63, 3.8) is 0 Å². The lowest BCUT2D eigenvalue weighted by Gasteiger charge is -2.18. The van der Waals surface area contributed by atoms with Gasteiger partial charge in [-0.15, -0.1) is 11.3 Å². The highest BCUT2D eigenvalue weighted by molar-refractivity contribution is 7.14. The number of thiazole rings is 1. The highest BCUT2D eigenvalue weighted by Crippen LogP contribution is 2.35. The first-order valence-electron chi connectivity index (χ1n) is 7.96. The average molecular weight is 362 g/mol. The van der Waals surface area contributed by atoms with Gasteiger partial charge in [-0.2, -0.15) is 10.4 Å². The molecule has 4 rings (SSSR count). The van der Waals surface area contributed by atoms with Crippen molar-refractivity contribution in [1.82, 2.24) is 4.98 Å². The second kappa shape index (κ2) is 7.25. The summed E-state index contributed by atoms with van der Waals surface area (Å²) in [6.07, 6.45) is 1.69. The highest BCUT2D eigenvalue weighted by atomic mass is 32.1. The van der Waals surface area contributed by atoms with Gasteiger partial charge in [0.05, 0.1) is 23.5 Å². The maximum absolute atomic E-state index is 8.80. The van der Waals surface area contributed by atoms with Gasteiger partial charge in [0.15, 0.2) is 11.5 Å². The lowest BCUT2D eigenvalue weighted by molar-refractivity contribution is 0.171. The van der Waals surface area contributed by atoms with E-state index in [0.29, 0.717) is 23.9 Å². The molecule has 6 nitrogen and oxygen atoms in total. The number of benzene rings is 2. The van der Waals surface area contributed by atoms with Crippen LogP contribution in [-0.4, -0.2) is 24.4 Å². The molecule has 128 valence electrons. The first-order chi connectivity index (χ1) is 12.8. The molecule has 0 atom stereocenters. The minimum absolute atomic E-state index is 0.560. The summed E-state index contributed by atoms with van der Waals surface area (Å²) in [4.78, 5) is 4.54. The molecule has 0 radical (unpaired) electrons. The molecular weight excluding hydrogens is 348 g/mol. The highest BCUT2D eigenvalue weighted by Gasteiger charge is 2.13. The van der Waals surface area contributed by atoms with Crippen LogP contribution in [0.3, 0.4) is 0 Å². The summed E-state index contributed by atoms with van der Waals surface area (Å²) in [6, 6.07) is 15.1. The van der Waals surface area contributed by atoms with E-state index in [1.54, 1.807) is 18.3 Å². The summed E-state index contributed by atoms with van der Waals surface area (Å²) < 4.78 is 11.2. The lowest BCUT2D eigenvalue weighted by atomic mass is 10.1. The first-order valence-corrected chi connectivity index (χ1v) is 8.84. The van der Waals surface area contributed by atoms with Gasteiger partial charge in [0, 0.05) is 10.9 Å². The van der Waals surface area contributed by atoms with Crippen LogP contribution in [0.4, 0.5) is 5.13 Å². The summed E-state index contributed by atoms with van der Waals surface area (Å²) in [5.41, 5.74) is 6.27. The fraction of sp³-hybridized carbons (Fsp3) is 0.105. The molecule has 3 aromatic rings. The zero-order chi connectivity index (χ0) is 17.8. The molecule has 2 heterocycles. The van der Waals surface area contributed by atoms with E-state index in [2.05, 4.69) is 21.6 Å². The van der Waals surface area contributed by atoms with Crippen LogP contribution in [0.1, 0.15) is 11.1 Å². The Kier molecular flexibility index (Phi) is 4.50. The number of nitriles is 1. The van der Waals surface area contributed by atoms with Gasteiger partial charge in [0.2, 0.25) is 5.13 Å². The van der Waals surface area contributed by atoms with E-state index in [1.165, 1.54) is 11.3 Å². The van der Waals surface area contributed by atoms with E-state index in [1.807, 2.05) is 35.7 Å². The summed E-state index contributed by atoms with van der Waals surface area (Å²) in [6.45, 7) is 1.14. The summed E-state index contributed by atoms with van der Waals surface area (Å²) in [7, 11) is 0. The lowest BCUT2D eigenvalue weighted by Crippen LogP contribution is -2.15. The van der Waals surface area contributed by atoms with Crippen LogP contribution >= 0.6 is 11.3 Å². The molecular formula is C19H14N4O2S. The molecule has 7 heteroatoms. The largest absolute Gasteiger partial charge is 0.486 e. The Hall–Kier alpha value is -3.37. The van der Waals surface area contributed by atoms with E-state index in [0.717, 1.165) is 28.3 Å². The molecule has 0 amide bonds. The van der Waals surface area contributed by atoms with Gasteiger partial charge in [-0.3, -0.25) is 5.43 Å². The van der Waals surface area contributed by atoms with Crippen molar-refractivity contribution in [2.24, 2.45) is 5.10 Å². The van der Waals surface area contributed by atoms with Gasteiger partial charge in [-0.05, 0) is 35.9 Å². The number of fused-ring (bicyclic) bond motifs is 1. The Bertz CT molecular complexity index is 990. The van der Waals surface area contributed by atoms with E-state index < -0.39 is 0 Å². The number of hydrazone groups is 1. The third-order valence-electron chi connectivity index (χ3n) is 3.76. The maximum Gasteiger partial charge on any atom is 0.203 e. The van der Waals surface area contributed by atoms with Crippen molar-refractivity contribution in [3.8, 4) is 28.8 Å². The van der Waals surface area contributed by atoms with E-state index in [4.69, 9.17) is 14.7 Å². The Morgan fingerprint density at radius 2 is 1.92 bits per heavy atom. The Morgan fingerprint density at radius 1 is 1.12 bits per heavy atom. The van der Waals surface area contributed by atoms with Crippen LogP contribution in [0.15, 0.2) is 52.9 Å². The normalized spacial score (nSPS) is 12.7. The second-order valence-corrected chi connectivity index (χ2v) is 6.36. The number of anilines is 1. The predicted octanol–water partition coefficient (Wildman–Crippen LogP) is 3.90. The first kappa shape index (κ1) is 16.1. The molecule has 0 aliphatic carbocycles. The number of hydrogen-bond donors (Lipinski definition) is 1. The van der Waals surface area contributed by atoms with Gasteiger partial charge in [0.1, 0.15) is 13.2 Å². The van der Waals surface area contributed by atoms with Crippen molar-refractivity contribution in [2.45, 2.75) is 0 Å². The number of hydrogen-bond acceptors (Lipinski definition) is 7. The Morgan fingerprint density at radius 3 is 2.73 bits per heavy atom. The number of rotatable bonds is 4. The van der Waals surface area contributed by atoms with Gasteiger partial charge in [0.25, 0.3) is 0 Å². The van der Waals surface area contributed by atoms with Crippen LogP contribution in [0, 0.1) is 11.3 Å². The van der Waals surface area contributed by atoms with E-state index in [9.17, 15) is 0 Å². The van der Waals surface area contributed by atoms with Crippen LogP contribution in [0.2, 0.25) is 0 Å². The number of nitrogens with one attached hydrogen (secondary N) is 1. The van der Waals surface area contributed by atoms with Gasteiger partial charge < -0.3 is 9.47 Å². The number of aromatic nitrogens is 1. The molecule has 0 unspecified atom stereocenters. The molecule has 0 saturated heterocycles. The summed E-state index contributed by atoms with van der Waals surface area (Å²) >= 11 is 1.47. The standard InChI is InChI=1S/C19H14N4O2S/c20-10-13-1-3-14(4-2-13)11-21-23-19-22-16(12-26-19)15-5-6-17-18(9-15)25-8-7-24-17/h1-6,9,11-12H,7-8H2,(H,22,23)/b21-11+. The SMILES string of the molecule is N#Cc1ccc(/C=N/Nc2nc(-c3ccc4c(c3)OCCO4)cs2)cc1. The number of nitrogens with zero attached hydrogens (tertiary/aromatic N) is 3. The monoisotopic (exact) mass is 362 g/mol. The van der Waals surface area contributed by atoms with E-state index >= 15 is 0 Å². The summed E-state index contributed by atoms with van der Waals surface area (Å²) in [5, 5.41) is 15.6. The van der Waals surface area contributed by atoms with Gasteiger partial charge in [-0.1, -0.05) is 12.1 Å². The zero-order valence-electron chi connectivity index (χ0n) is 13.7. The zero-order valence-corrected chi connectivity index (χ0v) is 14.5. The van der Waals surface area contributed by atoms with Gasteiger partial charge >= 0.3 is 0 Å². The molecule has 0 saturated carbocycles. The van der Waals surface area contributed by atoms with Crippen LogP contribution in [0.25, 0.3) is 11.3 Å². The molecule has 1 aromatic heterocycles. The third-order valence-corrected chi connectivity index (χ3v) is 4.50. The van der Waals surface area contributed by atoms with Crippen molar-refractivity contribution in [1.29, 1.82) is 5.26 Å². The van der Waals surface area contributed by atoms with Crippen molar-refractivity contribution < 1.29 is 9.47 Å². The predicted molar refractivity (Wildman–Crippen MR) is 101 cm³/mol. The Balaban J connectivity index is 1.44. The van der Waals surface area contributed by atoms with Gasteiger partial charge in [-0.25, -0.2) is 4.98 Å². The topological polar surface area (TPSA) is 79.5 Å². The minimum atomic E-state index is 0.560. The maximum atomic E-state index is 8.80. The molecule has 26 heavy (non-hydrogen) atoms. The molecule has 0 fully saturated rings. The van der Waals surface area contributed by atoms with Crippen molar-refractivity contribution in [3.05, 3.63) is 59.0 Å². The van der Waals surface area contributed by atoms with Crippen molar-refractivity contribution in [2.75, 3.05) is 18.6 Å². The fourth-order valence-corrected chi connectivity index (χ4v) is 3.13. The third kappa shape index (κ3) is 3.50. The average Bonchev–Trinajstić information content (AvgIpc) is 3.17. The quantitative estimate of drug-likeness (QED) is 0.562. The fourth-order valence-electron chi connectivity index (χ4n) is 2.47. The molecule has 0 bridgehead atoms. The van der Waals surface area contributed by atoms with Crippen LogP contribution in [-0.2, 0) is 0 Å². The molecule has 2 aromatic carbocycles. The van der Waals surface area contributed by atoms with E-state index in [-0.39, 0.29) is 0 Å². The molecule has 1 N–H and O–H groups in total. The second-order valence-electron chi connectivity index (χ2n) is 5.50. The minimum Gasteiger partial charge on any atom is -0.486 e.